The minimum absolute atomic E-state index is 0.0162. The maximum Gasteiger partial charge on any atom is 0.259 e. The molecule has 0 aliphatic carbocycles. The van der Waals surface area contributed by atoms with Crippen molar-refractivity contribution in [3.8, 4) is 0 Å². The van der Waals surface area contributed by atoms with Crippen LogP contribution in [-0.2, 0) is 0 Å². The summed E-state index contributed by atoms with van der Waals surface area (Å²) in [4.78, 5) is 21.8. The van der Waals surface area contributed by atoms with Gasteiger partial charge < -0.3 is 4.98 Å². The van der Waals surface area contributed by atoms with Crippen LogP contribution in [0.4, 0.5) is 0 Å². The van der Waals surface area contributed by atoms with E-state index in [2.05, 4.69) is 20.2 Å². The summed E-state index contributed by atoms with van der Waals surface area (Å²) in [6, 6.07) is 0. The molecule has 3 aromatic heterocycles. The number of aromatic amines is 1. The molecule has 1 unspecified atom stereocenters. The third-order valence-corrected chi connectivity index (χ3v) is 7.48. The number of aromatic nitrogens is 4. The Balaban J connectivity index is 1.93. The highest BCUT2D eigenvalue weighted by atomic mass is 32.2. The molecule has 1 atom stereocenters. The average Bonchev–Trinajstić information content (AvgIpc) is 3.04. The van der Waals surface area contributed by atoms with Crippen LogP contribution >= 0.6 is 46.2 Å². The molecule has 0 radical (unpaired) electrons. The van der Waals surface area contributed by atoms with Crippen LogP contribution in [0.3, 0.4) is 0 Å². The molecule has 3 rings (SSSR count). The molecule has 0 aromatic carbocycles. The van der Waals surface area contributed by atoms with Gasteiger partial charge in [-0.3, -0.25) is 4.79 Å². The van der Waals surface area contributed by atoms with E-state index in [9.17, 15) is 4.79 Å². The Labute approximate surface area is 144 Å². The van der Waals surface area contributed by atoms with Crippen LogP contribution in [0.15, 0.2) is 13.5 Å². The van der Waals surface area contributed by atoms with Gasteiger partial charge >= 0.3 is 0 Å². The van der Waals surface area contributed by atoms with Crippen LogP contribution in [-0.4, -0.2) is 26.4 Å². The largest absolute Gasteiger partial charge is 0.309 e. The third-order valence-electron chi connectivity index (χ3n) is 3.28. The maximum atomic E-state index is 12.3. The molecule has 0 spiro atoms. The van der Waals surface area contributed by atoms with Crippen LogP contribution in [0, 0.1) is 13.8 Å². The van der Waals surface area contributed by atoms with Crippen molar-refractivity contribution in [2.45, 2.75) is 34.7 Å². The molecule has 3 heterocycles. The van der Waals surface area contributed by atoms with E-state index in [-0.39, 0.29) is 10.8 Å². The quantitative estimate of drug-likeness (QED) is 0.699. The monoisotopic (exact) mass is 370 g/mol. The molecule has 9 heteroatoms. The van der Waals surface area contributed by atoms with Crippen molar-refractivity contribution < 1.29 is 0 Å². The van der Waals surface area contributed by atoms with Crippen molar-refractivity contribution in [2.24, 2.45) is 0 Å². The van der Waals surface area contributed by atoms with Crippen molar-refractivity contribution in [3.05, 3.63) is 26.6 Å². The second-order valence-corrected chi connectivity index (χ2v) is 9.53. The molecule has 0 amide bonds. The minimum atomic E-state index is -0.0589. The molecule has 0 fully saturated rings. The first-order chi connectivity index (χ1) is 10.5. The molecule has 116 valence electrons. The maximum absolute atomic E-state index is 12.3. The van der Waals surface area contributed by atoms with E-state index in [0.29, 0.717) is 11.2 Å². The fourth-order valence-corrected chi connectivity index (χ4v) is 5.67. The van der Waals surface area contributed by atoms with E-state index in [1.54, 1.807) is 46.2 Å². The van der Waals surface area contributed by atoms with Gasteiger partial charge in [0.15, 0.2) is 8.68 Å². The highest BCUT2D eigenvalue weighted by Crippen LogP contribution is 2.37. The smallest absolute Gasteiger partial charge is 0.259 e. The number of H-pyrrole nitrogens is 1. The van der Waals surface area contributed by atoms with Gasteiger partial charge in [0.2, 0.25) is 0 Å². The van der Waals surface area contributed by atoms with E-state index in [4.69, 9.17) is 0 Å². The molecule has 0 saturated carbocycles. The molecule has 0 saturated heterocycles. The van der Waals surface area contributed by atoms with Crippen LogP contribution in [0.5, 0.6) is 0 Å². The normalized spacial score (nSPS) is 12.9. The average molecular weight is 371 g/mol. The number of thiophene rings is 1. The molecule has 0 aliphatic heterocycles. The lowest BCUT2D eigenvalue weighted by Crippen LogP contribution is -2.12. The van der Waals surface area contributed by atoms with Gasteiger partial charge in [-0.15, -0.1) is 21.5 Å². The van der Waals surface area contributed by atoms with Gasteiger partial charge in [-0.25, -0.2) is 4.98 Å². The molecule has 0 bridgehead atoms. The van der Waals surface area contributed by atoms with Gasteiger partial charge in [0, 0.05) is 4.88 Å². The number of aryl methyl sites for hydroxylation is 2. The summed E-state index contributed by atoms with van der Waals surface area (Å²) >= 11 is 6.27. The summed E-state index contributed by atoms with van der Waals surface area (Å²) in [6.45, 7) is 6.00. The second kappa shape index (κ2) is 6.31. The van der Waals surface area contributed by atoms with Crippen LogP contribution < -0.4 is 5.56 Å². The molecule has 3 aromatic rings. The number of nitrogens with zero attached hydrogens (tertiary/aromatic N) is 3. The van der Waals surface area contributed by atoms with Crippen molar-refractivity contribution in [2.75, 3.05) is 6.26 Å². The minimum Gasteiger partial charge on any atom is -0.309 e. The van der Waals surface area contributed by atoms with E-state index >= 15 is 0 Å². The SMILES string of the molecule is CSc1nnc(SC(C)c2nc3sc(C)c(C)c3c(=O)[nH]2)s1. The van der Waals surface area contributed by atoms with E-state index in [1.165, 1.54) is 0 Å². The molecule has 22 heavy (non-hydrogen) atoms. The standard InChI is InChI=1S/C13H14N4OS4/c1-5-6(2)20-11-8(5)10(18)14-9(15-11)7(3)21-13-17-16-12(19-4)22-13/h7H,1-4H3,(H,14,15,18). The Hall–Kier alpha value is -0.900. The summed E-state index contributed by atoms with van der Waals surface area (Å²) in [5, 5.41) is 8.96. The number of hydrogen-bond acceptors (Lipinski definition) is 8. The number of hydrogen-bond donors (Lipinski definition) is 1. The topological polar surface area (TPSA) is 71.5 Å². The Morgan fingerprint density at radius 2 is 1.91 bits per heavy atom. The fraction of sp³-hybridized carbons (Fsp3) is 0.385. The van der Waals surface area contributed by atoms with Crippen molar-refractivity contribution in [1.29, 1.82) is 0 Å². The van der Waals surface area contributed by atoms with Crippen molar-refractivity contribution in [3.63, 3.8) is 0 Å². The summed E-state index contributed by atoms with van der Waals surface area (Å²) < 4.78 is 1.83. The summed E-state index contributed by atoms with van der Waals surface area (Å²) in [7, 11) is 0. The molecule has 5 nitrogen and oxygen atoms in total. The van der Waals surface area contributed by atoms with Gasteiger partial charge in [-0.05, 0) is 32.6 Å². The van der Waals surface area contributed by atoms with E-state index in [0.717, 1.165) is 24.0 Å². The van der Waals surface area contributed by atoms with Gasteiger partial charge in [-0.2, -0.15) is 0 Å². The van der Waals surface area contributed by atoms with Crippen molar-refractivity contribution >= 4 is 56.4 Å². The van der Waals surface area contributed by atoms with Gasteiger partial charge in [-0.1, -0.05) is 34.9 Å². The zero-order chi connectivity index (χ0) is 15.9. The first kappa shape index (κ1) is 16.0. The molecule has 1 N–H and O–H groups in total. The zero-order valence-electron chi connectivity index (χ0n) is 12.5. The van der Waals surface area contributed by atoms with Gasteiger partial charge in [0.05, 0.1) is 10.6 Å². The number of thioether (sulfide) groups is 2. The van der Waals surface area contributed by atoms with E-state index in [1.807, 2.05) is 27.0 Å². The third kappa shape index (κ3) is 2.94. The second-order valence-electron chi connectivity index (χ2n) is 4.71. The van der Waals surface area contributed by atoms with Gasteiger partial charge in [0.1, 0.15) is 10.7 Å². The lowest BCUT2D eigenvalue weighted by molar-refractivity contribution is 0.912. The number of nitrogens with one attached hydrogen (secondary N) is 1. The van der Waals surface area contributed by atoms with Crippen LogP contribution in [0.1, 0.15) is 28.4 Å². The summed E-state index contributed by atoms with van der Waals surface area (Å²) in [5.74, 6) is 0.685. The lowest BCUT2D eigenvalue weighted by Gasteiger charge is -2.07. The zero-order valence-corrected chi connectivity index (χ0v) is 15.7. The summed E-state index contributed by atoms with van der Waals surface area (Å²) in [6.07, 6.45) is 1.98. The highest BCUT2D eigenvalue weighted by molar-refractivity contribution is 8.03. The van der Waals surface area contributed by atoms with Crippen LogP contribution in [0.2, 0.25) is 0 Å². The molecule has 0 aliphatic rings. The first-order valence-electron chi connectivity index (χ1n) is 6.53. The predicted molar refractivity (Wildman–Crippen MR) is 95.7 cm³/mol. The van der Waals surface area contributed by atoms with Gasteiger partial charge in [0.25, 0.3) is 5.56 Å². The summed E-state index contributed by atoms with van der Waals surface area (Å²) in [5.41, 5.74) is 0.964. The number of fused-ring (bicyclic) bond motifs is 1. The number of rotatable bonds is 4. The Kier molecular flexibility index (Phi) is 4.58. The fourth-order valence-electron chi connectivity index (χ4n) is 2.00. The molecular formula is C13H14N4OS4. The van der Waals surface area contributed by atoms with Crippen molar-refractivity contribution in [1.82, 2.24) is 20.2 Å². The van der Waals surface area contributed by atoms with E-state index < -0.39 is 0 Å². The predicted octanol–water partition coefficient (Wildman–Crippen LogP) is 4.03. The Bertz CT molecular complexity index is 882. The Morgan fingerprint density at radius 1 is 1.18 bits per heavy atom. The highest BCUT2D eigenvalue weighted by Gasteiger charge is 2.17. The van der Waals surface area contributed by atoms with Crippen LogP contribution in [0.25, 0.3) is 10.2 Å². The lowest BCUT2D eigenvalue weighted by atomic mass is 10.2. The Morgan fingerprint density at radius 3 is 2.59 bits per heavy atom. The first-order valence-corrected chi connectivity index (χ1v) is 10.3. The molecular weight excluding hydrogens is 356 g/mol.